The average molecular weight is 525 g/mol. The van der Waals surface area contributed by atoms with Gasteiger partial charge in [-0.1, -0.05) is 24.4 Å². The molecule has 184 valence electrons. The van der Waals surface area contributed by atoms with Gasteiger partial charge in [0.15, 0.2) is 6.10 Å². The molecule has 1 fully saturated rings. The number of esters is 1. The number of piperidine rings is 1. The van der Waals surface area contributed by atoms with Gasteiger partial charge in [0.1, 0.15) is 4.88 Å². The second-order valence-electron chi connectivity index (χ2n) is 8.76. The maximum atomic E-state index is 13.0. The molecule has 4 rings (SSSR count). The Hall–Kier alpha value is -1.94. The minimum absolute atomic E-state index is 0.0684. The molecule has 1 amide bonds. The molecule has 1 unspecified atom stereocenters. The summed E-state index contributed by atoms with van der Waals surface area (Å²) in [5.41, 5.74) is 1.36. The lowest BCUT2D eigenvalue weighted by Crippen LogP contribution is -2.35. The van der Waals surface area contributed by atoms with Crippen molar-refractivity contribution in [2.45, 2.75) is 69.3 Å². The van der Waals surface area contributed by atoms with E-state index >= 15 is 0 Å². The van der Waals surface area contributed by atoms with Gasteiger partial charge in [-0.15, -0.1) is 11.3 Å². The molecule has 1 aliphatic carbocycles. The summed E-state index contributed by atoms with van der Waals surface area (Å²) in [4.78, 5) is 27.2. The molecule has 1 aliphatic heterocycles. The van der Waals surface area contributed by atoms with E-state index in [9.17, 15) is 18.0 Å². The number of anilines is 1. The highest BCUT2D eigenvalue weighted by Gasteiger charge is 2.28. The number of rotatable bonds is 6. The fourth-order valence-electron chi connectivity index (χ4n) is 4.29. The Kier molecular flexibility index (Phi) is 7.97. The van der Waals surface area contributed by atoms with E-state index in [0.29, 0.717) is 18.0 Å². The van der Waals surface area contributed by atoms with Crippen molar-refractivity contribution in [3.8, 4) is 0 Å². The normalized spacial score (nSPS) is 17.9. The number of fused-ring (bicyclic) bond motifs is 1. The van der Waals surface area contributed by atoms with Gasteiger partial charge in [-0.2, -0.15) is 4.31 Å². The van der Waals surface area contributed by atoms with E-state index in [1.165, 1.54) is 57.6 Å². The summed E-state index contributed by atoms with van der Waals surface area (Å²) in [5.74, 6) is -1.12. The zero-order valence-electron chi connectivity index (χ0n) is 19.1. The number of hydrogen-bond donors (Lipinski definition) is 1. The van der Waals surface area contributed by atoms with Crippen molar-refractivity contribution in [3.05, 3.63) is 44.6 Å². The molecule has 1 aromatic heterocycles. The maximum absolute atomic E-state index is 13.0. The van der Waals surface area contributed by atoms with Gasteiger partial charge < -0.3 is 10.1 Å². The zero-order chi connectivity index (χ0) is 24.3. The molecule has 2 aromatic rings. The molecule has 1 aromatic carbocycles. The van der Waals surface area contributed by atoms with E-state index < -0.39 is 28.0 Å². The summed E-state index contributed by atoms with van der Waals surface area (Å²) >= 11 is 7.66. The van der Waals surface area contributed by atoms with Gasteiger partial charge in [-0.05, 0) is 75.3 Å². The third-order valence-electron chi connectivity index (χ3n) is 6.25. The van der Waals surface area contributed by atoms with E-state index in [1.807, 2.05) is 6.07 Å². The molecule has 1 saturated heterocycles. The lowest BCUT2D eigenvalue weighted by molar-refractivity contribution is -0.123. The second-order valence-corrected chi connectivity index (χ2v) is 12.2. The Bertz CT molecular complexity index is 1150. The number of carbonyl (C=O) groups excluding carboxylic acids is 2. The first kappa shape index (κ1) is 25.2. The first-order valence-electron chi connectivity index (χ1n) is 11.7. The van der Waals surface area contributed by atoms with Crippen molar-refractivity contribution in [1.29, 1.82) is 0 Å². The van der Waals surface area contributed by atoms with Crippen LogP contribution in [0, 0.1) is 0 Å². The number of sulfonamides is 1. The number of benzene rings is 1. The Morgan fingerprint density at radius 1 is 1.06 bits per heavy atom. The topological polar surface area (TPSA) is 92.8 Å². The number of nitrogens with one attached hydrogen (secondary N) is 1. The van der Waals surface area contributed by atoms with Crippen LogP contribution < -0.4 is 5.32 Å². The number of aryl methyl sites for hydroxylation is 2. The lowest BCUT2D eigenvalue weighted by Gasteiger charge is -2.26. The molecule has 0 saturated carbocycles. The Morgan fingerprint density at radius 2 is 1.76 bits per heavy atom. The van der Waals surface area contributed by atoms with Crippen molar-refractivity contribution >= 4 is 50.5 Å². The molecule has 0 radical (unpaired) electrons. The molecular formula is C24H29ClN2O5S2. The summed E-state index contributed by atoms with van der Waals surface area (Å²) in [6.07, 6.45) is 6.95. The van der Waals surface area contributed by atoms with Crippen LogP contribution in [0.3, 0.4) is 0 Å². The maximum Gasteiger partial charge on any atom is 0.349 e. The lowest BCUT2D eigenvalue weighted by atomic mass is 10.1. The molecule has 34 heavy (non-hydrogen) atoms. The van der Waals surface area contributed by atoms with E-state index in [2.05, 4.69) is 5.32 Å². The molecule has 0 bridgehead atoms. The van der Waals surface area contributed by atoms with Gasteiger partial charge in [-0.3, -0.25) is 4.79 Å². The van der Waals surface area contributed by atoms with Gasteiger partial charge in [0, 0.05) is 18.0 Å². The van der Waals surface area contributed by atoms with Crippen LogP contribution in [0.2, 0.25) is 5.02 Å². The highest BCUT2D eigenvalue weighted by molar-refractivity contribution is 7.89. The van der Waals surface area contributed by atoms with Crippen LogP contribution >= 0.6 is 22.9 Å². The minimum atomic E-state index is -3.68. The first-order valence-corrected chi connectivity index (χ1v) is 14.3. The standard InChI is InChI=1S/C24H29ClN2O5S2/c1-16(32-24(29)22-14-17-8-4-2-5-9-21(17)33-22)23(28)26-20-15-18(10-11-19(20)25)34(30,31)27-12-6-3-7-13-27/h10-11,14-16H,2-9,12-13H2,1H3,(H,26,28). The second kappa shape index (κ2) is 10.8. The van der Waals surface area contributed by atoms with Crippen LogP contribution in [-0.4, -0.2) is 43.8 Å². The van der Waals surface area contributed by atoms with Crippen LogP contribution in [0.5, 0.6) is 0 Å². The Morgan fingerprint density at radius 3 is 2.53 bits per heavy atom. The van der Waals surface area contributed by atoms with Crippen molar-refractivity contribution in [1.82, 2.24) is 4.31 Å². The SMILES string of the molecule is CC(OC(=O)c1cc2c(s1)CCCCC2)C(=O)Nc1cc(S(=O)(=O)N2CCCCC2)ccc1Cl. The number of nitrogens with zero attached hydrogens (tertiary/aromatic N) is 1. The van der Waals surface area contributed by atoms with E-state index in [-0.39, 0.29) is 15.6 Å². The number of halogens is 1. The summed E-state index contributed by atoms with van der Waals surface area (Å²) in [6, 6.07) is 6.12. The van der Waals surface area contributed by atoms with Crippen LogP contribution in [0.25, 0.3) is 0 Å². The highest BCUT2D eigenvalue weighted by atomic mass is 35.5. The predicted octanol–water partition coefficient (Wildman–Crippen LogP) is 5.03. The third kappa shape index (κ3) is 5.64. The summed E-state index contributed by atoms with van der Waals surface area (Å²) < 4.78 is 32.8. The number of ether oxygens (including phenoxy) is 1. The zero-order valence-corrected chi connectivity index (χ0v) is 21.5. The molecule has 7 nitrogen and oxygen atoms in total. The van der Waals surface area contributed by atoms with Gasteiger partial charge in [0.05, 0.1) is 15.6 Å². The smallest absolute Gasteiger partial charge is 0.349 e. The minimum Gasteiger partial charge on any atom is -0.448 e. The van der Waals surface area contributed by atoms with Gasteiger partial charge in [0.25, 0.3) is 5.91 Å². The van der Waals surface area contributed by atoms with Gasteiger partial charge in [0.2, 0.25) is 10.0 Å². The first-order chi connectivity index (χ1) is 16.3. The monoisotopic (exact) mass is 524 g/mol. The number of amides is 1. The van der Waals surface area contributed by atoms with Gasteiger partial charge >= 0.3 is 5.97 Å². The molecule has 10 heteroatoms. The predicted molar refractivity (Wildman–Crippen MR) is 133 cm³/mol. The molecule has 2 aliphatic rings. The molecule has 2 heterocycles. The van der Waals surface area contributed by atoms with E-state index in [0.717, 1.165) is 44.9 Å². The Balaban J connectivity index is 1.43. The molecule has 0 spiro atoms. The average Bonchev–Trinajstić information content (AvgIpc) is 3.11. The van der Waals surface area contributed by atoms with Crippen LogP contribution in [-0.2, 0) is 32.4 Å². The summed E-state index contributed by atoms with van der Waals surface area (Å²) in [6.45, 7) is 2.44. The van der Waals surface area contributed by atoms with Crippen LogP contribution in [0.15, 0.2) is 29.2 Å². The molecule has 1 N–H and O–H groups in total. The van der Waals surface area contributed by atoms with Gasteiger partial charge in [-0.25, -0.2) is 13.2 Å². The molecule has 1 atom stereocenters. The van der Waals surface area contributed by atoms with Crippen molar-refractivity contribution in [2.24, 2.45) is 0 Å². The van der Waals surface area contributed by atoms with Crippen LogP contribution in [0.1, 0.15) is 65.6 Å². The number of hydrogen-bond acceptors (Lipinski definition) is 6. The Labute approximate surface area is 209 Å². The highest BCUT2D eigenvalue weighted by Crippen LogP contribution is 2.30. The van der Waals surface area contributed by atoms with Crippen molar-refractivity contribution < 1.29 is 22.7 Å². The number of carbonyl (C=O) groups is 2. The third-order valence-corrected chi connectivity index (χ3v) is 9.69. The van der Waals surface area contributed by atoms with Crippen LogP contribution in [0.4, 0.5) is 5.69 Å². The fraction of sp³-hybridized carbons (Fsp3) is 0.500. The summed E-state index contributed by atoms with van der Waals surface area (Å²) in [7, 11) is -3.68. The number of thiophene rings is 1. The largest absolute Gasteiger partial charge is 0.448 e. The van der Waals surface area contributed by atoms with E-state index in [1.54, 1.807) is 0 Å². The van der Waals surface area contributed by atoms with E-state index in [4.69, 9.17) is 16.3 Å². The van der Waals surface area contributed by atoms with Crippen molar-refractivity contribution in [2.75, 3.05) is 18.4 Å². The molecular weight excluding hydrogens is 496 g/mol. The quantitative estimate of drug-likeness (QED) is 0.422. The van der Waals surface area contributed by atoms with Crippen molar-refractivity contribution in [3.63, 3.8) is 0 Å². The summed E-state index contributed by atoms with van der Waals surface area (Å²) in [5, 5.41) is 2.81. The fourth-order valence-corrected chi connectivity index (χ4v) is 7.13.